The average Bonchev–Trinajstić information content (AvgIpc) is 3.36. The predicted molar refractivity (Wildman–Crippen MR) is 150 cm³/mol. The molecule has 1 fully saturated rings. The van der Waals surface area contributed by atoms with E-state index in [9.17, 15) is 9.18 Å². The Morgan fingerprint density at radius 3 is 2.92 bits per heavy atom. The molecule has 0 bridgehead atoms. The maximum atomic E-state index is 15.0. The van der Waals surface area contributed by atoms with Crippen LogP contribution in [0.3, 0.4) is 0 Å². The number of fused-ring (bicyclic) bond motifs is 1. The minimum atomic E-state index is -0.528. The molecule has 4 aromatic rings. The number of hydrogen-bond acceptors (Lipinski definition) is 6. The van der Waals surface area contributed by atoms with E-state index in [1.54, 1.807) is 18.5 Å². The van der Waals surface area contributed by atoms with Crippen LogP contribution in [0.1, 0.15) is 44.6 Å². The topological polar surface area (TPSA) is 105 Å². The summed E-state index contributed by atoms with van der Waals surface area (Å²) in [7, 11) is 0. The summed E-state index contributed by atoms with van der Waals surface area (Å²) in [6.07, 6.45) is 8.11. The Hall–Kier alpha value is -3.56. The number of benzene rings is 1. The fraction of sp³-hybridized carbons (Fsp3) is 0.379. The number of amides is 1. The summed E-state index contributed by atoms with van der Waals surface area (Å²) in [5.74, 6) is -0.0343. The highest BCUT2D eigenvalue weighted by atomic mass is 35.5. The molecular weight excluding hydrogens is 519 g/mol. The lowest BCUT2D eigenvalue weighted by Crippen LogP contribution is -2.43. The van der Waals surface area contributed by atoms with E-state index in [0.29, 0.717) is 54.7 Å². The van der Waals surface area contributed by atoms with Crippen molar-refractivity contribution in [2.45, 2.75) is 50.5 Å². The van der Waals surface area contributed by atoms with Gasteiger partial charge in [0.15, 0.2) is 17.5 Å². The van der Waals surface area contributed by atoms with Crippen LogP contribution in [0, 0.1) is 5.82 Å². The molecule has 5 rings (SSSR count). The standard InChI is InChI=1S/C29H32ClFN6O2/c1-2-39-12-11-32-25(38)15-29(19-7-4-3-5-8-19)10-6-9-21(14-29)36-28-24(31)18-35-27(37-28)23-17-34-26-22(23)13-20(30)16-33-26/h3-5,7-8,13,16-18,21H,2,6,9-12,14-15H2,1H3,(H,32,38)(H,33,34)(H,35,36,37)/t21-,29?/m1/s1. The number of carbonyl (C=O) groups is 1. The van der Waals surface area contributed by atoms with Crippen molar-refractivity contribution in [3.63, 3.8) is 0 Å². The Kier molecular flexibility index (Phi) is 8.38. The molecule has 0 spiro atoms. The third kappa shape index (κ3) is 6.20. The normalized spacial score (nSPS) is 19.2. The molecule has 1 aliphatic carbocycles. The Bertz CT molecular complexity index is 1430. The van der Waals surface area contributed by atoms with Crippen LogP contribution >= 0.6 is 11.6 Å². The largest absolute Gasteiger partial charge is 0.380 e. The van der Waals surface area contributed by atoms with Crippen LogP contribution in [0.15, 0.2) is 55.0 Å². The van der Waals surface area contributed by atoms with Gasteiger partial charge >= 0.3 is 0 Å². The molecule has 39 heavy (non-hydrogen) atoms. The third-order valence-corrected chi connectivity index (χ3v) is 7.53. The molecule has 1 saturated carbocycles. The van der Waals surface area contributed by atoms with Crippen molar-refractivity contribution in [2.24, 2.45) is 0 Å². The fourth-order valence-corrected chi connectivity index (χ4v) is 5.69. The van der Waals surface area contributed by atoms with E-state index in [4.69, 9.17) is 16.3 Å². The molecule has 204 valence electrons. The van der Waals surface area contributed by atoms with E-state index in [2.05, 4.69) is 42.7 Å². The Morgan fingerprint density at radius 1 is 1.26 bits per heavy atom. The van der Waals surface area contributed by atoms with Crippen LogP contribution in [-0.2, 0) is 14.9 Å². The first-order chi connectivity index (χ1) is 19.0. The number of nitrogens with one attached hydrogen (secondary N) is 3. The van der Waals surface area contributed by atoms with E-state index >= 15 is 0 Å². The van der Waals surface area contributed by atoms with Crippen molar-refractivity contribution in [3.05, 3.63) is 71.4 Å². The summed E-state index contributed by atoms with van der Waals surface area (Å²) in [4.78, 5) is 29.1. The lowest BCUT2D eigenvalue weighted by molar-refractivity contribution is -0.123. The Labute approximate surface area is 231 Å². The number of pyridine rings is 1. The number of halogens is 2. The SMILES string of the molecule is CCOCCNC(=O)CC1(c2ccccc2)CCC[C@@H](Nc2nc(-c3c[nH]c4ncc(Cl)cc34)ncc2F)C1. The van der Waals surface area contributed by atoms with Gasteiger partial charge in [-0.05, 0) is 37.8 Å². The number of aromatic amines is 1. The summed E-state index contributed by atoms with van der Waals surface area (Å²) >= 11 is 6.15. The molecular formula is C29H32ClFN6O2. The number of anilines is 1. The quantitative estimate of drug-likeness (QED) is 0.220. The zero-order valence-corrected chi connectivity index (χ0v) is 22.6. The lowest BCUT2D eigenvalue weighted by Gasteiger charge is -2.41. The second kappa shape index (κ2) is 12.1. The van der Waals surface area contributed by atoms with Gasteiger partial charge in [-0.2, -0.15) is 0 Å². The minimum Gasteiger partial charge on any atom is -0.380 e. The van der Waals surface area contributed by atoms with Gasteiger partial charge in [-0.1, -0.05) is 48.4 Å². The third-order valence-electron chi connectivity index (χ3n) is 7.33. The molecule has 3 heterocycles. The number of ether oxygens (including phenoxy) is 1. The fourth-order valence-electron chi connectivity index (χ4n) is 5.53. The van der Waals surface area contributed by atoms with E-state index in [1.807, 2.05) is 25.1 Å². The Balaban J connectivity index is 1.38. The van der Waals surface area contributed by atoms with E-state index in [-0.39, 0.29) is 23.2 Å². The van der Waals surface area contributed by atoms with Gasteiger partial charge in [0.05, 0.1) is 17.8 Å². The molecule has 10 heteroatoms. The van der Waals surface area contributed by atoms with Gasteiger partial charge in [0.2, 0.25) is 5.91 Å². The molecule has 2 atom stereocenters. The van der Waals surface area contributed by atoms with E-state index < -0.39 is 5.82 Å². The van der Waals surface area contributed by atoms with Crippen LogP contribution < -0.4 is 10.6 Å². The molecule has 0 radical (unpaired) electrons. The number of hydrogen-bond donors (Lipinski definition) is 3. The molecule has 3 aromatic heterocycles. The van der Waals surface area contributed by atoms with Crippen molar-refractivity contribution in [3.8, 4) is 11.4 Å². The maximum Gasteiger partial charge on any atom is 0.220 e. The highest BCUT2D eigenvalue weighted by Crippen LogP contribution is 2.43. The maximum absolute atomic E-state index is 15.0. The first-order valence-corrected chi connectivity index (χ1v) is 13.7. The van der Waals surface area contributed by atoms with Crippen molar-refractivity contribution < 1.29 is 13.9 Å². The first-order valence-electron chi connectivity index (χ1n) is 13.3. The summed E-state index contributed by atoms with van der Waals surface area (Å²) in [5.41, 5.74) is 2.08. The van der Waals surface area contributed by atoms with Gasteiger partial charge in [0.25, 0.3) is 0 Å². The van der Waals surface area contributed by atoms with E-state index in [0.717, 1.165) is 30.2 Å². The van der Waals surface area contributed by atoms with Gasteiger partial charge in [-0.3, -0.25) is 4.79 Å². The van der Waals surface area contributed by atoms with Crippen molar-refractivity contribution in [1.82, 2.24) is 25.3 Å². The summed E-state index contributed by atoms with van der Waals surface area (Å²) in [6.45, 7) is 3.50. The molecule has 0 saturated heterocycles. The number of carbonyl (C=O) groups excluding carboxylic acids is 1. The number of rotatable bonds is 10. The molecule has 3 N–H and O–H groups in total. The van der Waals surface area contributed by atoms with Crippen LogP contribution in [0.2, 0.25) is 5.02 Å². The van der Waals surface area contributed by atoms with Crippen LogP contribution in [-0.4, -0.2) is 51.6 Å². The monoisotopic (exact) mass is 550 g/mol. The average molecular weight is 551 g/mol. The van der Waals surface area contributed by atoms with E-state index in [1.165, 1.54) is 6.20 Å². The summed E-state index contributed by atoms with van der Waals surface area (Å²) in [6, 6.07) is 11.8. The van der Waals surface area contributed by atoms with Gasteiger partial charge in [-0.25, -0.2) is 19.3 Å². The van der Waals surface area contributed by atoms with Gasteiger partial charge in [0.1, 0.15) is 5.65 Å². The second-order valence-electron chi connectivity index (χ2n) is 9.95. The molecule has 0 aliphatic heterocycles. The van der Waals surface area contributed by atoms with Gasteiger partial charge in [-0.15, -0.1) is 0 Å². The van der Waals surface area contributed by atoms with Crippen molar-refractivity contribution in [2.75, 3.05) is 25.1 Å². The van der Waals surface area contributed by atoms with Crippen LogP contribution in [0.5, 0.6) is 0 Å². The molecule has 1 amide bonds. The van der Waals surface area contributed by atoms with Crippen molar-refractivity contribution >= 4 is 34.4 Å². The summed E-state index contributed by atoms with van der Waals surface area (Å²) < 4.78 is 20.3. The highest BCUT2D eigenvalue weighted by molar-refractivity contribution is 6.31. The minimum absolute atomic E-state index is 0.0127. The number of aromatic nitrogens is 4. The molecule has 1 aliphatic rings. The zero-order chi connectivity index (χ0) is 27.2. The second-order valence-corrected chi connectivity index (χ2v) is 10.4. The smallest absolute Gasteiger partial charge is 0.220 e. The summed E-state index contributed by atoms with van der Waals surface area (Å²) in [5, 5.41) is 7.58. The molecule has 1 aromatic carbocycles. The van der Waals surface area contributed by atoms with Crippen molar-refractivity contribution in [1.29, 1.82) is 0 Å². The molecule has 8 nitrogen and oxygen atoms in total. The first kappa shape index (κ1) is 27.0. The van der Waals surface area contributed by atoms with Crippen LogP contribution in [0.4, 0.5) is 10.2 Å². The number of H-pyrrole nitrogens is 1. The van der Waals surface area contributed by atoms with Gasteiger partial charge < -0.3 is 20.4 Å². The van der Waals surface area contributed by atoms with Gasteiger partial charge in [0, 0.05) is 54.4 Å². The number of nitrogens with zero attached hydrogens (tertiary/aromatic N) is 3. The Morgan fingerprint density at radius 2 is 2.10 bits per heavy atom. The highest BCUT2D eigenvalue weighted by Gasteiger charge is 2.40. The molecule has 1 unspecified atom stereocenters. The lowest BCUT2D eigenvalue weighted by atomic mass is 9.65. The zero-order valence-electron chi connectivity index (χ0n) is 21.8. The van der Waals surface area contributed by atoms with Crippen LogP contribution in [0.25, 0.3) is 22.4 Å². The predicted octanol–water partition coefficient (Wildman–Crippen LogP) is 5.65.